The first-order chi connectivity index (χ1) is 17.9. The molecule has 40 heavy (non-hydrogen) atoms. The molecule has 1 saturated heterocycles. The molecule has 15 heteroatoms. The summed E-state index contributed by atoms with van der Waals surface area (Å²) in [6.45, 7) is 4.24. The van der Waals surface area contributed by atoms with Crippen molar-refractivity contribution in [3.63, 3.8) is 0 Å². The van der Waals surface area contributed by atoms with E-state index in [9.17, 15) is 52.7 Å². The Balaban J connectivity index is 2.53. The molecule has 0 amide bonds. The number of halogens is 12. The number of rotatable bonds is 6. The van der Waals surface area contributed by atoms with Crippen molar-refractivity contribution in [3.8, 4) is 0 Å². The van der Waals surface area contributed by atoms with E-state index in [0.717, 1.165) is 0 Å². The van der Waals surface area contributed by atoms with E-state index in [2.05, 4.69) is 5.32 Å². The first-order valence-electron chi connectivity index (χ1n) is 11.9. The Morgan fingerprint density at radius 1 is 0.625 bits per heavy atom. The highest BCUT2D eigenvalue weighted by atomic mass is 28.4. The van der Waals surface area contributed by atoms with Gasteiger partial charge in [0, 0.05) is 12.6 Å². The van der Waals surface area contributed by atoms with Gasteiger partial charge in [0.1, 0.15) is 0 Å². The van der Waals surface area contributed by atoms with Crippen LogP contribution in [0.2, 0.25) is 19.6 Å². The molecule has 0 bridgehead atoms. The number of hydrogen-bond donors (Lipinski definition) is 1. The van der Waals surface area contributed by atoms with Gasteiger partial charge in [0.05, 0.1) is 27.7 Å². The molecule has 1 heterocycles. The number of alkyl halides is 12. The van der Waals surface area contributed by atoms with Crippen LogP contribution in [0.5, 0.6) is 0 Å². The van der Waals surface area contributed by atoms with Crippen LogP contribution in [0.25, 0.3) is 0 Å². The van der Waals surface area contributed by atoms with Crippen LogP contribution in [0.4, 0.5) is 52.7 Å². The molecule has 1 unspecified atom stereocenters. The van der Waals surface area contributed by atoms with E-state index in [0.29, 0.717) is 30.7 Å². The van der Waals surface area contributed by atoms with Crippen LogP contribution in [-0.4, -0.2) is 27.5 Å². The van der Waals surface area contributed by atoms with Gasteiger partial charge in [-0.05, 0) is 86.6 Å². The molecule has 0 radical (unpaired) electrons. The molecule has 2 aromatic carbocycles. The van der Waals surface area contributed by atoms with Crippen LogP contribution in [0.15, 0.2) is 36.4 Å². The highest BCUT2D eigenvalue weighted by Gasteiger charge is 2.49. The Hall–Kier alpha value is -2.26. The van der Waals surface area contributed by atoms with E-state index >= 15 is 0 Å². The summed E-state index contributed by atoms with van der Waals surface area (Å²) < 4.78 is 172. The molecule has 1 aliphatic rings. The zero-order valence-corrected chi connectivity index (χ0v) is 22.3. The fourth-order valence-corrected chi connectivity index (χ4v) is 5.36. The number of hydrogen-bond acceptors (Lipinski definition) is 2. The van der Waals surface area contributed by atoms with Gasteiger partial charge in [-0.25, -0.2) is 0 Å². The fourth-order valence-electron chi connectivity index (χ4n) is 4.70. The van der Waals surface area contributed by atoms with Crippen LogP contribution in [-0.2, 0) is 34.5 Å². The second-order valence-corrected chi connectivity index (χ2v) is 15.1. The smallest absolute Gasteiger partial charge is 0.416 e. The molecule has 1 N–H and O–H groups in total. The van der Waals surface area contributed by atoms with Gasteiger partial charge in [0.25, 0.3) is 0 Å². The van der Waals surface area contributed by atoms with Crippen LogP contribution in [0.3, 0.4) is 0 Å². The summed E-state index contributed by atoms with van der Waals surface area (Å²) in [5, 5.41) is 2.87. The Morgan fingerprint density at radius 2 is 0.950 bits per heavy atom. The highest BCUT2D eigenvalue weighted by molar-refractivity contribution is 6.69. The molecule has 3 rings (SSSR count). The van der Waals surface area contributed by atoms with E-state index in [1.54, 1.807) is 19.6 Å². The van der Waals surface area contributed by atoms with Crippen molar-refractivity contribution >= 4 is 8.32 Å². The lowest BCUT2D eigenvalue weighted by molar-refractivity contribution is -0.144. The van der Waals surface area contributed by atoms with Crippen LogP contribution < -0.4 is 5.32 Å². The fraction of sp³-hybridized carbons (Fsp3) is 0.520. The lowest BCUT2D eigenvalue weighted by Gasteiger charge is -2.43. The summed E-state index contributed by atoms with van der Waals surface area (Å²) in [7, 11) is -2.70. The summed E-state index contributed by atoms with van der Waals surface area (Å²) in [5.41, 5.74) is -10.8. The third kappa shape index (κ3) is 7.14. The SMILES string of the molecule is C[Si](C)(C)OCC(c1cc(C(F)(F)F)cc(C(F)(F)F)c1)(c1cc(C(F)(F)F)cc(C(F)(F)F)c1)C1CCCN1. The van der Waals surface area contributed by atoms with Gasteiger partial charge in [-0.2, -0.15) is 52.7 Å². The van der Waals surface area contributed by atoms with E-state index in [1.165, 1.54) is 0 Å². The van der Waals surface area contributed by atoms with Crippen molar-refractivity contribution in [2.45, 2.75) is 68.6 Å². The number of benzene rings is 2. The molecule has 1 atom stereocenters. The Bertz CT molecular complexity index is 1060. The summed E-state index contributed by atoms with van der Waals surface area (Å²) in [6.07, 6.45) is -20.9. The molecule has 2 aromatic rings. The average molecular weight is 612 g/mol. The van der Waals surface area contributed by atoms with Gasteiger partial charge in [0.2, 0.25) is 0 Å². The first-order valence-corrected chi connectivity index (χ1v) is 15.3. The van der Waals surface area contributed by atoms with Crippen molar-refractivity contribution in [1.82, 2.24) is 5.32 Å². The van der Waals surface area contributed by atoms with Crippen molar-refractivity contribution in [1.29, 1.82) is 0 Å². The third-order valence-electron chi connectivity index (χ3n) is 6.59. The van der Waals surface area contributed by atoms with Crippen molar-refractivity contribution < 1.29 is 57.1 Å². The molecule has 1 aliphatic heterocycles. The van der Waals surface area contributed by atoms with Crippen molar-refractivity contribution in [2.24, 2.45) is 0 Å². The van der Waals surface area contributed by atoms with Crippen LogP contribution in [0.1, 0.15) is 46.2 Å². The van der Waals surface area contributed by atoms with E-state index in [4.69, 9.17) is 4.43 Å². The maximum Gasteiger partial charge on any atom is 0.416 e. The van der Waals surface area contributed by atoms with E-state index in [-0.39, 0.29) is 25.1 Å². The normalized spacial score (nSPS) is 17.9. The van der Waals surface area contributed by atoms with Crippen molar-refractivity contribution in [2.75, 3.05) is 13.2 Å². The molecular formula is C25H25F12NOSi. The lowest BCUT2D eigenvalue weighted by Crippen LogP contribution is -2.51. The largest absolute Gasteiger partial charge is 0.416 e. The Morgan fingerprint density at radius 3 is 1.20 bits per heavy atom. The van der Waals surface area contributed by atoms with Gasteiger partial charge in [-0.1, -0.05) is 0 Å². The Kier molecular flexibility index (Phi) is 8.49. The second-order valence-electron chi connectivity index (χ2n) is 10.6. The minimum atomic E-state index is -5.31. The van der Waals surface area contributed by atoms with Gasteiger partial charge in [0.15, 0.2) is 8.32 Å². The minimum absolute atomic E-state index is 0.0320. The zero-order valence-electron chi connectivity index (χ0n) is 21.3. The summed E-state index contributed by atoms with van der Waals surface area (Å²) in [6, 6.07) is -0.0799. The van der Waals surface area contributed by atoms with Gasteiger partial charge in [-0.15, -0.1) is 0 Å². The van der Waals surface area contributed by atoms with Crippen LogP contribution in [0, 0.1) is 0 Å². The summed E-state index contributed by atoms with van der Waals surface area (Å²) in [4.78, 5) is 0. The predicted octanol–water partition coefficient (Wildman–Crippen LogP) is 8.65. The highest BCUT2D eigenvalue weighted by Crippen LogP contribution is 2.47. The summed E-state index contributed by atoms with van der Waals surface area (Å²) in [5.74, 6) is 0. The molecule has 224 valence electrons. The molecule has 0 aromatic heterocycles. The third-order valence-corrected chi connectivity index (χ3v) is 7.60. The van der Waals surface area contributed by atoms with Gasteiger partial charge < -0.3 is 9.74 Å². The second kappa shape index (κ2) is 10.5. The van der Waals surface area contributed by atoms with E-state index < -0.39 is 84.5 Å². The molecular weight excluding hydrogens is 586 g/mol. The summed E-state index contributed by atoms with van der Waals surface area (Å²) >= 11 is 0. The number of nitrogens with one attached hydrogen (secondary N) is 1. The molecule has 0 saturated carbocycles. The van der Waals surface area contributed by atoms with Crippen LogP contribution >= 0.6 is 0 Å². The maximum absolute atomic E-state index is 13.8. The predicted molar refractivity (Wildman–Crippen MR) is 124 cm³/mol. The quantitative estimate of drug-likeness (QED) is 0.261. The standard InChI is InChI=1S/C25H25F12NOSi/c1-40(2,3)39-13-21(20-5-4-6-38-20,14-7-16(22(26,27)28)11-17(8-14)23(29,30)31)15-9-18(24(32,33)34)12-19(10-15)25(35,36)37/h7-12,20,38H,4-6,13H2,1-3H3. The minimum Gasteiger partial charge on any atom is -0.416 e. The molecule has 0 spiro atoms. The average Bonchev–Trinajstić information content (AvgIpc) is 3.31. The topological polar surface area (TPSA) is 21.3 Å². The van der Waals surface area contributed by atoms with E-state index in [1.807, 2.05) is 0 Å². The zero-order chi connectivity index (χ0) is 30.5. The monoisotopic (exact) mass is 611 g/mol. The lowest BCUT2D eigenvalue weighted by atomic mass is 9.67. The van der Waals surface area contributed by atoms with Crippen molar-refractivity contribution in [3.05, 3.63) is 69.8 Å². The van der Waals surface area contributed by atoms with Gasteiger partial charge in [-0.3, -0.25) is 0 Å². The Labute approximate surface area is 222 Å². The molecule has 0 aliphatic carbocycles. The first kappa shape index (κ1) is 32.3. The maximum atomic E-state index is 13.8. The van der Waals surface area contributed by atoms with Gasteiger partial charge >= 0.3 is 24.7 Å². The molecule has 2 nitrogen and oxygen atoms in total. The molecule has 1 fully saturated rings.